The molecule has 0 bridgehead atoms. The molecule has 2 N–H and O–H groups in total. The first kappa shape index (κ1) is 16.5. The van der Waals surface area contributed by atoms with Gasteiger partial charge < -0.3 is 10.3 Å². The van der Waals surface area contributed by atoms with Crippen LogP contribution in [0, 0.1) is 5.92 Å². The van der Waals surface area contributed by atoms with Crippen LogP contribution in [0.25, 0.3) is 0 Å². The number of hydrogen-bond acceptors (Lipinski definition) is 7. The van der Waals surface area contributed by atoms with Gasteiger partial charge in [0.2, 0.25) is 5.89 Å². The summed E-state index contributed by atoms with van der Waals surface area (Å²) in [7, 11) is -3.02. The van der Waals surface area contributed by atoms with Gasteiger partial charge in [-0.05, 0) is 18.1 Å². The second-order valence-electron chi connectivity index (χ2n) is 4.98. The Balaban J connectivity index is 2.45. The highest BCUT2D eigenvalue weighted by molar-refractivity contribution is 7.98. The molecule has 0 aliphatic carbocycles. The fourth-order valence-electron chi connectivity index (χ4n) is 1.33. The van der Waals surface area contributed by atoms with Crippen LogP contribution in [0.15, 0.2) is 4.52 Å². The van der Waals surface area contributed by atoms with Crippen molar-refractivity contribution in [3.8, 4) is 0 Å². The molecule has 1 rings (SSSR count). The molecular weight excluding hydrogens is 286 g/mol. The van der Waals surface area contributed by atoms with E-state index in [-0.39, 0.29) is 5.75 Å². The number of nitrogens with two attached hydrogens (primary N) is 1. The Hall–Kier alpha value is -0.600. The molecule has 0 radical (unpaired) electrons. The monoisotopic (exact) mass is 307 g/mol. The van der Waals surface area contributed by atoms with E-state index >= 15 is 0 Å². The standard InChI is InChI=1S/C11H21N3O3S2/c1-8(2)6-18-7-10-13-11(17-14-10)9(12)4-5-19(3,15)16/h8-9H,4-7,12H2,1-3H3. The molecule has 110 valence electrons. The summed E-state index contributed by atoms with van der Waals surface area (Å²) in [6, 6.07) is -0.522. The molecule has 0 aliphatic rings. The van der Waals surface area contributed by atoms with Crippen molar-refractivity contribution in [2.45, 2.75) is 32.1 Å². The molecule has 0 aromatic carbocycles. The summed E-state index contributed by atoms with van der Waals surface area (Å²) in [6.45, 7) is 4.30. The van der Waals surface area contributed by atoms with Gasteiger partial charge in [-0.25, -0.2) is 8.42 Å². The van der Waals surface area contributed by atoms with Gasteiger partial charge in [0.15, 0.2) is 5.82 Å². The van der Waals surface area contributed by atoms with Crippen LogP contribution in [-0.4, -0.2) is 36.3 Å². The molecule has 0 fully saturated rings. The molecule has 19 heavy (non-hydrogen) atoms. The molecule has 8 heteroatoms. The van der Waals surface area contributed by atoms with Crippen LogP contribution in [0.5, 0.6) is 0 Å². The average Bonchev–Trinajstić information content (AvgIpc) is 2.73. The Kier molecular flexibility index (Phi) is 6.28. The number of nitrogens with zero attached hydrogens (tertiary/aromatic N) is 2. The van der Waals surface area contributed by atoms with Gasteiger partial charge in [-0.3, -0.25) is 0 Å². The molecule has 1 aromatic rings. The van der Waals surface area contributed by atoms with Crippen molar-refractivity contribution in [3.05, 3.63) is 11.7 Å². The zero-order valence-electron chi connectivity index (χ0n) is 11.5. The van der Waals surface area contributed by atoms with Gasteiger partial charge in [0, 0.05) is 6.26 Å². The first-order valence-corrected chi connectivity index (χ1v) is 9.33. The van der Waals surface area contributed by atoms with Gasteiger partial charge in [-0.1, -0.05) is 19.0 Å². The Bertz CT molecular complexity index is 485. The summed E-state index contributed by atoms with van der Waals surface area (Å²) in [6.07, 6.45) is 1.47. The Morgan fingerprint density at radius 2 is 2.11 bits per heavy atom. The molecule has 0 aliphatic heterocycles. The minimum absolute atomic E-state index is 0.0218. The van der Waals surface area contributed by atoms with Gasteiger partial charge in [-0.15, -0.1) is 0 Å². The maximum atomic E-state index is 11.1. The van der Waals surface area contributed by atoms with E-state index in [0.29, 0.717) is 29.8 Å². The Labute approximate surface area is 118 Å². The molecule has 1 heterocycles. The fourth-order valence-corrected chi connectivity index (χ4v) is 2.90. The highest BCUT2D eigenvalue weighted by Gasteiger charge is 2.16. The Morgan fingerprint density at radius 3 is 2.68 bits per heavy atom. The predicted molar refractivity (Wildman–Crippen MR) is 76.6 cm³/mol. The van der Waals surface area contributed by atoms with Crippen LogP contribution in [0.3, 0.4) is 0 Å². The van der Waals surface area contributed by atoms with E-state index in [0.717, 1.165) is 5.75 Å². The lowest BCUT2D eigenvalue weighted by Crippen LogP contribution is -2.16. The quantitative estimate of drug-likeness (QED) is 0.774. The first-order chi connectivity index (χ1) is 8.78. The van der Waals surface area contributed by atoms with Crippen LogP contribution < -0.4 is 5.73 Å². The summed E-state index contributed by atoms with van der Waals surface area (Å²) < 4.78 is 27.2. The number of rotatable bonds is 8. The van der Waals surface area contributed by atoms with E-state index in [9.17, 15) is 8.42 Å². The normalized spacial score (nSPS) is 13.9. The van der Waals surface area contributed by atoms with Crippen molar-refractivity contribution in [3.63, 3.8) is 0 Å². The lowest BCUT2D eigenvalue weighted by Gasteiger charge is -2.04. The van der Waals surface area contributed by atoms with E-state index < -0.39 is 15.9 Å². The minimum Gasteiger partial charge on any atom is -0.338 e. The molecule has 0 saturated heterocycles. The van der Waals surface area contributed by atoms with Crippen molar-refractivity contribution < 1.29 is 12.9 Å². The van der Waals surface area contributed by atoms with Gasteiger partial charge in [-0.2, -0.15) is 16.7 Å². The second-order valence-corrected chi connectivity index (χ2v) is 8.27. The van der Waals surface area contributed by atoms with Gasteiger partial charge in [0.05, 0.1) is 17.5 Å². The van der Waals surface area contributed by atoms with Crippen LogP contribution in [-0.2, 0) is 15.6 Å². The topological polar surface area (TPSA) is 99.1 Å². The van der Waals surface area contributed by atoms with Crippen LogP contribution in [0.2, 0.25) is 0 Å². The van der Waals surface area contributed by atoms with E-state index in [1.54, 1.807) is 11.8 Å². The van der Waals surface area contributed by atoms with Crippen molar-refractivity contribution in [2.24, 2.45) is 11.7 Å². The summed E-state index contributed by atoms with van der Waals surface area (Å²) in [5.41, 5.74) is 5.82. The fraction of sp³-hybridized carbons (Fsp3) is 0.818. The highest BCUT2D eigenvalue weighted by Crippen LogP contribution is 2.16. The van der Waals surface area contributed by atoms with E-state index in [1.807, 2.05) is 0 Å². The third-order valence-corrected chi connectivity index (χ3v) is 4.62. The lowest BCUT2D eigenvalue weighted by atomic mass is 10.2. The van der Waals surface area contributed by atoms with Crippen LogP contribution >= 0.6 is 11.8 Å². The van der Waals surface area contributed by atoms with Crippen molar-refractivity contribution in [1.82, 2.24) is 10.1 Å². The molecule has 1 aromatic heterocycles. The number of sulfone groups is 1. The lowest BCUT2D eigenvalue weighted by molar-refractivity contribution is 0.349. The highest BCUT2D eigenvalue weighted by atomic mass is 32.2. The average molecular weight is 307 g/mol. The molecule has 0 spiro atoms. The van der Waals surface area contributed by atoms with Gasteiger partial charge in [0.25, 0.3) is 0 Å². The summed E-state index contributed by atoms with van der Waals surface area (Å²) in [5.74, 6) is 3.27. The zero-order valence-corrected chi connectivity index (χ0v) is 13.1. The SMILES string of the molecule is CC(C)CSCc1noc(C(N)CCS(C)(=O)=O)n1. The third-order valence-electron chi connectivity index (χ3n) is 2.28. The molecule has 0 saturated carbocycles. The van der Waals surface area contributed by atoms with Crippen LogP contribution in [0.1, 0.15) is 38.0 Å². The van der Waals surface area contributed by atoms with E-state index in [1.165, 1.54) is 6.26 Å². The maximum Gasteiger partial charge on any atom is 0.243 e. The van der Waals surface area contributed by atoms with Crippen molar-refractivity contribution in [2.75, 3.05) is 17.8 Å². The summed E-state index contributed by atoms with van der Waals surface area (Å²) >= 11 is 1.74. The molecule has 6 nitrogen and oxygen atoms in total. The summed E-state index contributed by atoms with van der Waals surface area (Å²) in [5, 5.41) is 3.84. The van der Waals surface area contributed by atoms with Gasteiger partial charge >= 0.3 is 0 Å². The number of hydrogen-bond donors (Lipinski definition) is 1. The minimum atomic E-state index is -3.02. The molecule has 1 unspecified atom stereocenters. The smallest absolute Gasteiger partial charge is 0.243 e. The van der Waals surface area contributed by atoms with Crippen molar-refractivity contribution >= 4 is 21.6 Å². The maximum absolute atomic E-state index is 11.1. The van der Waals surface area contributed by atoms with E-state index in [2.05, 4.69) is 24.0 Å². The zero-order chi connectivity index (χ0) is 14.5. The number of thioether (sulfide) groups is 1. The molecule has 1 atom stereocenters. The molecular formula is C11H21N3O3S2. The van der Waals surface area contributed by atoms with E-state index in [4.69, 9.17) is 10.3 Å². The van der Waals surface area contributed by atoms with Gasteiger partial charge in [0.1, 0.15) is 9.84 Å². The van der Waals surface area contributed by atoms with Crippen LogP contribution in [0.4, 0.5) is 0 Å². The largest absolute Gasteiger partial charge is 0.338 e. The first-order valence-electron chi connectivity index (χ1n) is 6.11. The number of aromatic nitrogens is 2. The second kappa shape index (κ2) is 7.25. The predicted octanol–water partition coefficient (Wildman–Crippen LogP) is 1.39. The molecule has 0 amide bonds. The summed E-state index contributed by atoms with van der Waals surface area (Å²) in [4.78, 5) is 4.19. The van der Waals surface area contributed by atoms with Crippen molar-refractivity contribution in [1.29, 1.82) is 0 Å². The third kappa shape index (κ3) is 6.93. The Morgan fingerprint density at radius 1 is 1.42 bits per heavy atom.